The van der Waals surface area contributed by atoms with Crippen LogP contribution in [0.5, 0.6) is 11.5 Å². The second-order valence-corrected chi connectivity index (χ2v) is 24.7. The molecule has 1 atom stereocenters. The molecule has 43 heavy (non-hydrogen) atoms. The van der Waals surface area contributed by atoms with Crippen molar-refractivity contribution >= 4 is 48.9 Å². The lowest BCUT2D eigenvalue weighted by atomic mass is 10.1. The Morgan fingerprint density at radius 2 is 1.53 bits per heavy atom. The van der Waals surface area contributed by atoms with E-state index in [0.29, 0.717) is 11.5 Å². The monoisotopic (exact) mass is 658 g/mol. The molecule has 0 saturated carbocycles. The molecular formula is C27H46N2O11Si3. The van der Waals surface area contributed by atoms with Gasteiger partial charge in [0.15, 0.2) is 28.1 Å². The third kappa shape index (κ3) is 11.3. The van der Waals surface area contributed by atoms with Crippen molar-refractivity contribution in [2.75, 3.05) is 13.7 Å². The Kier molecular flexibility index (Phi) is 12.9. The molecule has 1 saturated heterocycles. The van der Waals surface area contributed by atoms with Crippen LogP contribution in [0.15, 0.2) is 12.1 Å². The summed E-state index contributed by atoms with van der Waals surface area (Å²) in [6.45, 7) is 16.9. The van der Waals surface area contributed by atoms with Crippen molar-refractivity contribution in [3.8, 4) is 11.5 Å². The van der Waals surface area contributed by atoms with E-state index >= 15 is 0 Å². The molecule has 1 heterocycles. The predicted molar refractivity (Wildman–Crippen MR) is 166 cm³/mol. The molecule has 1 fully saturated rings. The maximum Gasteiger partial charge on any atom is 0.534 e. The first-order valence-corrected chi connectivity index (χ1v) is 23.6. The largest absolute Gasteiger partial charge is 0.534 e. The molecule has 242 valence electrons. The number of carbonyl (C=O) groups is 3. The minimum Gasteiger partial charge on any atom is -0.493 e. The Morgan fingerprint density at radius 1 is 0.977 bits per heavy atom. The van der Waals surface area contributed by atoms with E-state index in [1.165, 1.54) is 26.2 Å². The minimum atomic E-state index is -2.32. The van der Waals surface area contributed by atoms with Crippen LogP contribution in [-0.4, -0.2) is 66.9 Å². The van der Waals surface area contributed by atoms with Gasteiger partial charge in [-0.1, -0.05) is 24.8 Å². The van der Waals surface area contributed by atoms with Crippen LogP contribution in [0.3, 0.4) is 0 Å². The number of carbonyl (C=O) groups excluding carboxylic acids is 3. The van der Waals surface area contributed by atoms with Crippen LogP contribution >= 0.6 is 0 Å². The highest BCUT2D eigenvalue weighted by molar-refractivity contribution is 6.87. The van der Waals surface area contributed by atoms with Crippen molar-refractivity contribution in [1.29, 1.82) is 0 Å². The average molecular weight is 659 g/mol. The van der Waals surface area contributed by atoms with E-state index in [4.69, 9.17) is 27.3 Å². The number of methoxy groups -OCH3 is 1. The van der Waals surface area contributed by atoms with Gasteiger partial charge in [-0.3, -0.25) is 24.5 Å². The van der Waals surface area contributed by atoms with Crippen molar-refractivity contribution in [3.63, 3.8) is 0 Å². The number of hydrogen-bond acceptors (Lipinski definition) is 11. The van der Waals surface area contributed by atoms with Gasteiger partial charge in [0.2, 0.25) is 0 Å². The van der Waals surface area contributed by atoms with Gasteiger partial charge in [0, 0.05) is 12.8 Å². The molecular weight excluding hydrogens is 613 g/mol. The molecule has 0 bridgehead atoms. The molecule has 1 aromatic carbocycles. The van der Waals surface area contributed by atoms with Crippen molar-refractivity contribution in [2.45, 2.75) is 103 Å². The number of imide groups is 1. The SMILES string of the molecule is CCCC[Si](C)(C)O[Si](C)(C)O[Si](C)(C)CCCOc1cc([N+](=O)[O-])c(C(C)OC(=O)ON2C(=O)CCC2=O)cc1OC. The van der Waals surface area contributed by atoms with Gasteiger partial charge in [-0.05, 0) is 70.8 Å². The molecule has 0 N–H and O–H groups in total. The second-order valence-electron chi connectivity index (χ2n) is 12.2. The smallest absolute Gasteiger partial charge is 0.493 e. The van der Waals surface area contributed by atoms with Gasteiger partial charge in [-0.25, -0.2) is 4.79 Å². The van der Waals surface area contributed by atoms with Crippen LogP contribution < -0.4 is 9.47 Å². The van der Waals surface area contributed by atoms with E-state index in [1.807, 2.05) is 0 Å². The number of amides is 2. The van der Waals surface area contributed by atoms with Gasteiger partial charge in [0.05, 0.1) is 30.3 Å². The number of ether oxygens (including phenoxy) is 3. The minimum absolute atomic E-state index is 0.0183. The Morgan fingerprint density at radius 3 is 2.05 bits per heavy atom. The predicted octanol–water partition coefficient (Wildman–Crippen LogP) is 6.60. The van der Waals surface area contributed by atoms with Crippen LogP contribution in [0.1, 0.15) is 57.6 Å². The molecule has 0 spiro atoms. The first-order valence-electron chi connectivity index (χ1n) is 14.5. The summed E-state index contributed by atoms with van der Waals surface area (Å²) in [5.41, 5.74) is -0.341. The molecule has 0 aromatic heterocycles. The highest BCUT2D eigenvalue weighted by Crippen LogP contribution is 2.39. The maximum atomic E-state index is 12.2. The lowest BCUT2D eigenvalue weighted by molar-refractivity contribution is -0.386. The summed E-state index contributed by atoms with van der Waals surface area (Å²) >= 11 is 0. The number of hydrogen-bond donors (Lipinski definition) is 0. The van der Waals surface area contributed by atoms with Crippen LogP contribution in [0.2, 0.25) is 51.4 Å². The van der Waals surface area contributed by atoms with E-state index in [0.717, 1.165) is 24.9 Å². The number of nitro benzene ring substituents is 1. The van der Waals surface area contributed by atoms with Gasteiger partial charge >= 0.3 is 14.7 Å². The number of nitrogens with zero attached hydrogens (tertiary/aromatic N) is 2. The summed E-state index contributed by atoms with van der Waals surface area (Å²) in [5.74, 6) is -0.964. The van der Waals surface area contributed by atoms with E-state index in [-0.39, 0.29) is 42.2 Å². The third-order valence-corrected chi connectivity index (χ3v) is 18.2. The summed E-state index contributed by atoms with van der Waals surface area (Å²) in [6, 6.07) is 4.50. The van der Waals surface area contributed by atoms with Gasteiger partial charge in [-0.2, -0.15) is 0 Å². The Labute approximate surface area is 256 Å². The first-order chi connectivity index (χ1) is 19.9. The zero-order chi connectivity index (χ0) is 32.6. The molecule has 16 heteroatoms. The number of unbranched alkanes of at least 4 members (excludes halogenated alkanes) is 1. The summed E-state index contributed by atoms with van der Waals surface area (Å²) in [7, 11) is -4.82. The lowest BCUT2D eigenvalue weighted by Crippen LogP contribution is -2.52. The molecule has 1 aliphatic rings. The van der Waals surface area contributed by atoms with E-state index < -0.39 is 54.2 Å². The van der Waals surface area contributed by atoms with Crippen LogP contribution in [-0.2, 0) is 27.4 Å². The molecule has 2 rings (SSSR count). The zero-order valence-corrected chi connectivity index (χ0v) is 29.8. The Balaban J connectivity index is 2.03. The summed E-state index contributed by atoms with van der Waals surface area (Å²) < 4.78 is 29.7. The lowest BCUT2D eigenvalue weighted by Gasteiger charge is -2.38. The van der Waals surface area contributed by atoms with Crippen molar-refractivity contribution in [3.05, 3.63) is 27.8 Å². The summed E-state index contributed by atoms with van der Waals surface area (Å²) in [4.78, 5) is 51.6. The number of benzene rings is 1. The second kappa shape index (κ2) is 15.3. The Bertz CT molecular complexity index is 1160. The topological polar surface area (TPSA) is 153 Å². The molecule has 1 aliphatic heterocycles. The Hall–Kier alpha value is -2.80. The van der Waals surface area contributed by atoms with Gasteiger partial charge in [0.25, 0.3) is 17.5 Å². The van der Waals surface area contributed by atoms with Crippen molar-refractivity contribution in [1.82, 2.24) is 5.06 Å². The first kappa shape index (κ1) is 36.4. The van der Waals surface area contributed by atoms with Crippen LogP contribution in [0.25, 0.3) is 0 Å². The van der Waals surface area contributed by atoms with Crippen LogP contribution in [0, 0.1) is 10.1 Å². The number of nitro groups is 1. The van der Waals surface area contributed by atoms with E-state index in [2.05, 4.69) is 46.2 Å². The van der Waals surface area contributed by atoms with Gasteiger partial charge in [-0.15, -0.1) is 0 Å². The van der Waals surface area contributed by atoms with Crippen molar-refractivity contribution in [2.24, 2.45) is 0 Å². The molecule has 0 aliphatic carbocycles. The maximum absolute atomic E-state index is 12.2. The van der Waals surface area contributed by atoms with E-state index in [9.17, 15) is 24.5 Å². The third-order valence-electron chi connectivity index (χ3n) is 6.75. The quantitative estimate of drug-likeness (QED) is 0.0444. The fourth-order valence-electron chi connectivity index (χ4n) is 5.02. The zero-order valence-electron chi connectivity index (χ0n) is 26.8. The van der Waals surface area contributed by atoms with Gasteiger partial charge < -0.3 is 22.4 Å². The molecule has 0 radical (unpaired) electrons. The molecule has 2 amide bonds. The highest BCUT2D eigenvalue weighted by atomic mass is 28.5. The highest BCUT2D eigenvalue weighted by Gasteiger charge is 2.39. The van der Waals surface area contributed by atoms with Gasteiger partial charge in [0.1, 0.15) is 6.10 Å². The molecule has 13 nitrogen and oxygen atoms in total. The molecule has 1 aromatic rings. The summed E-state index contributed by atoms with van der Waals surface area (Å²) in [5, 5.41) is 12.2. The van der Waals surface area contributed by atoms with Crippen molar-refractivity contribution < 1.29 is 46.6 Å². The number of rotatable bonds is 17. The van der Waals surface area contributed by atoms with E-state index in [1.54, 1.807) is 0 Å². The van der Waals surface area contributed by atoms with Crippen LogP contribution in [0.4, 0.5) is 10.5 Å². The number of hydroxylamine groups is 2. The normalized spacial score (nSPS) is 15.0. The molecule has 1 unspecified atom stereocenters. The standard InChI is InChI=1S/C27H46N2O11Si3/c1-10-11-16-41(4,5)39-43(8,9)40-42(6,7)17-12-15-36-24-19-22(29(33)34)21(18-23(24)35-3)20(2)37-27(32)38-28-25(30)13-14-26(28)31/h18-20H,10-17H2,1-9H3. The summed E-state index contributed by atoms with van der Waals surface area (Å²) in [6.07, 6.45) is 0.299. The average Bonchev–Trinajstić information content (AvgIpc) is 3.20. The fraction of sp³-hybridized carbons (Fsp3) is 0.667. The fourth-order valence-corrected chi connectivity index (χ4v) is 19.2.